The van der Waals surface area contributed by atoms with E-state index >= 15 is 0 Å². The molecular weight excluding hydrogens is 212 g/mol. The van der Waals surface area contributed by atoms with Gasteiger partial charge in [0, 0.05) is 12.7 Å². The Morgan fingerprint density at radius 3 is 2.24 bits per heavy atom. The van der Waals surface area contributed by atoms with Gasteiger partial charge in [0.05, 0.1) is 6.07 Å². The monoisotopic (exact) mass is 230 g/mol. The van der Waals surface area contributed by atoms with Crippen LogP contribution >= 0.6 is 0 Å². The molecule has 0 aliphatic heterocycles. The molecule has 0 saturated heterocycles. The van der Waals surface area contributed by atoms with E-state index in [9.17, 15) is 10.1 Å². The number of rotatable bonds is 4. The minimum Gasteiger partial charge on any atom is -0.314 e. The minimum absolute atomic E-state index is 0.129. The van der Waals surface area contributed by atoms with Crippen molar-refractivity contribution in [3.8, 4) is 6.07 Å². The minimum atomic E-state index is -0.898. The standard InChI is InChI=1S/C14H18N2O/c1-4-14(5-2,11-15)13(17)16(3)12-9-7-6-8-10-12/h6-10H,4-5H2,1-3H3. The van der Waals surface area contributed by atoms with E-state index in [0.29, 0.717) is 12.8 Å². The van der Waals surface area contributed by atoms with Crippen molar-refractivity contribution in [2.24, 2.45) is 5.41 Å². The summed E-state index contributed by atoms with van der Waals surface area (Å²) >= 11 is 0. The van der Waals surface area contributed by atoms with E-state index < -0.39 is 5.41 Å². The van der Waals surface area contributed by atoms with Crippen LogP contribution in [0.1, 0.15) is 26.7 Å². The van der Waals surface area contributed by atoms with Crippen LogP contribution in [0.5, 0.6) is 0 Å². The lowest BCUT2D eigenvalue weighted by Gasteiger charge is -2.28. The molecule has 0 unspecified atom stereocenters. The van der Waals surface area contributed by atoms with Gasteiger partial charge in [0.2, 0.25) is 5.91 Å². The molecule has 17 heavy (non-hydrogen) atoms. The molecule has 1 aromatic rings. The molecule has 0 N–H and O–H groups in total. The van der Waals surface area contributed by atoms with E-state index in [1.165, 1.54) is 0 Å². The van der Waals surface area contributed by atoms with Gasteiger partial charge in [-0.15, -0.1) is 0 Å². The normalized spacial score (nSPS) is 10.7. The summed E-state index contributed by atoms with van der Waals surface area (Å²) in [4.78, 5) is 13.9. The van der Waals surface area contributed by atoms with Gasteiger partial charge >= 0.3 is 0 Å². The zero-order chi connectivity index (χ0) is 12.9. The molecule has 0 aromatic heterocycles. The molecule has 0 aliphatic rings. The Balaban J connectivity index is 3.02. The molecule has 1 aromatic carbocycles. The molecule has 0 radical (unpaired) electrons. The van der Waals surface area contributed by atoms with Crippen molar-refractivity contribution < 1.29 is 4.79 Å². The Morgan fingerprint density at radius 2 is 1.82 bits per heavy atom. The largest absolute Gasteiger partial charge is 0.314 e. The number of hydrogen-bond acceptors (Lipinski definition) is 2. The fourth-order valence-electron chi connectivity index (χ4n) is 1.85. The Hall–Kier alpha value is -1.82. The molecule has 0 saturated carbocycles. The predicted molar refractivity (Wildman–Crippen MR) is 68.5 cm³/mol. The van der Waals surface area contributed by atoms with E-state index in [1.54, 1.807) is 11.9 Å². The molecule has 90 valence electrons. The fraction of sp³-hybridized carbons (Fsp3) is 0.429. The average Bonchev–Trinajstić information content (AvgIpc) is 2.41. The Kier molecular flexibility index (Phi) is 4.28. The summed E-state index contributed by atoms with van der Waals surface area (Å²) in [6.07, 6.45) is 1.08. The highest BCUT2D eigenvalue weighted by molar-refractivity contribution is 5.98. The summed E-state index contributed by atoms with van der Waals surface area (Å²) in [5.41, 5.74) is -0.0797. The van der Waals surface area contributed by atoms with Gasteiger partial charge in [-0.05, 0) is 25.0 Å². The zero-order valence-corrected chi connectivity index (χ0v) is 10.6. The van der Waals surface area contributed by atoms with Gasteiger partial charge < -0.3 is 4.90 Å². The van der Waals surface area contributed by atoms with Gasteiger partial charge in [0.25, 0.3) is 0 Å². The summed E-state index contributed by atoms with van der Waals surface area (Å²) in [7, 11) is 1.72. The molecule has 1 rings (SSSR count). The van der Waals surface area contributed by atoms with Crippen molar-refractivity contribution >= 4 is 11.6 Å². The van der Waals surface area contributed by atoms with Crippen LogP contribution in [-0.2, 0) is 4.79 Å². The van der Waals surface area contributed by atoms with E-state index in [4.69, 9.17) is 0 Å². The van der Waals surface area contributed by atoms with Crippen LogP contribution in [0, 0.1) is 16.7 Å². The van der Waals surface area contributed by atoms with Crippen molar-refractivity contribution in [2.45, 2.75) is 26.7 Å². The van der Waals surface area contributed by atoms with Gasteiger partial charge in [-0.3, -0.25) is 4.79 Å². The number of para-hydroxylation sites is 1. The number of carbonyl (C=O) groups is 1. The fourth-order valence-corrected chi connectivity index (χ4v) is 1.85. The van der Waals surface area contributed by atoms with Crippen LogP contribution in [0.4, 0.5) is 5.69 Å². The van der Waals surface area contributed by atoms with E-state index in [-0.39, 0.29) is 5.91 Å². The first-order valence-corrected chi connectivity index (χ1v) is 5.85. The first-order valence-electron chi connectivity index (χ1n) is 5.85. The van der Waals surface area contributed by atoms with Crippen molar-refractivity contribution in [1.29, 1.82) is 5.26 Å². The second-order valence-corrected chi connectivity index (χ2v) is 4.10. The molecule has 0 atom stereocenters. The van der Waals surface area contributed by atoms with Gasteiger partial charge in [0.15, 0.2) is 0 Å². The summed E-state index contributed by atoms with van der Waals surface area (Å²) in [6, 6.07) is 11.6. The number of carbonyl (C=O) groups excluding carboxylic acids is 1. The molecule has 0 bridgehead atoms. The highest BCUT2D eigenvalue weighted by atomic mass is 16.2. The maximum Gasteiger partial charge on any atom is 0.247 e. The van der Waals surface area contributed by atoms with E-state index in [2.05, 4.69) is 6.07 Å². The van der Waals surface area contributed by atoms with Crippen molar-refractivity contribution in [3.63, 3.8) is 0 Å². The van der Waals surface area contributed by atoms with E-state index in [0.717, 1.165) is 5.69 Å². The molecular formula is C14H18N2O. The molecule has 3 heteroatoms. The lowest BCUT2D eigenvalue weighted by Crippen LogP contribution is -2.40. The molecule has 0 heterocycles. The topological polar surface area (TPSA) is 44.1 Å². The second-order valence-electron chi connectivity index (χ2n) is 4.10. The predicted octanol–water partition coefficient (Wildman–Crippen LogP) is 2.98. The summed E-state index contributed by atoms with van der Waals surface area (Å²) in [5.74, 6) is -0.129. The second kappa shape index (κ2) is 5.49. The highest BCUT2D eigenvalue weighted by Crippen LogP contribution is 2.29. The van der Waals surface area contributed by atoms with Crippen LogP contribution in [0.25, 0.3) is 0 Å². The smallest absolute Gasteiger partial charge is 0.247 e. The summed E-state index contributed by atoms with van der Waals surface area (Å²) in [6.45, 7) is 3.76. The number of anilines is 1. The van der Waals surface area contributed by atoms with Crippen LogP contribution in [0.3, 0.4) is 0 Å². The number of amides is 1. The molecule has 3 nitrogen and oxygen atoms in total. The van der Waals surface area contributed by atoms with Crippen molar-refractivity contribution in [3.05, 3.63) is 30.3 Å². The van der Waals surface area contributed by atoms with Crippen LogP contribution in [-0.4, -0.2) is 13.0 Å². The maximum absolute atomic E-state index is 12.4. The van der Waals surface area contributed by atoms with Crippen LogP contribution < -0.4 is 4.90 Å². The van der Waals surface area contributed by atoms with Crippen LogP contribution in [0.15, 0.2) is 30.3 Å². The molecule has 0 spiro atoms. The van der Waals surface area contributed by atoms with Crippen molar-refractivity contribution in [1.82, 2.24) is 0 Å². The first-order chi connectivity index (χ1) is 8.11. The van der Waals surface area contributed by atoms with Gasteiger partial charge in [-0.2, -0.15) is 5.26 Å². The zero-order valence-electron chi connectivity index (χ0n) is 10.6. The highest BCUT2D eigenvalue weighted by Gasteiger charge is 2.37. The SMILES string of the molecule is CCC(C#N)(CC)C(=O)N(C)c1ccccc1. The van der Waals surface area contributed by atoms with E-state index in [1.807, 2.05) is 44.2 Å². The quantitative estimate of drug-likeness (QED) is 0.798. The molecule has 0 aliphatic carbocycles. The molecule has 0 fully saturated rings. The number of hydrogen-bond donors (Lipinski definition) is 0. The number of benzene rings is 1. The third kappa shape index (κ3) is 2.47. The first kappa shape index (κ1) is 13.2. The Bertz CT molecular complexity index is 416. The van der Waals surface area contributed by atoms with Crippen LogP contribution in [0.2, 0.25) is 0 Å². The number of nitriles is 1. The third-order valence-electron chi connectivity index (χ3n) is 3.28. The lowest BCUT2D eigenvalue weighted by molar-refractivity contribution is -0.125. The summed E-state index contributed by atoms with van der Waals surface area (Å²) in [5, 5.41) is 9.25. The van der Waals surface area contributed by atoms with Gasteiger partial charge in [0.1, 0.15) is 5.41 Å². The van der Waals surface area contributed by atoms with Gasteiger partial charge in [-0.1, -0.05) is 32.0 Å². The van der Waals surface area contributed by atoms with Crippen molar-refractivity contribution in [2.75, 3.05) is 11.9 Å². The van der Waals surface area contributed by atoms with Gasteiger partial charge in [-0.25, -0.2) is 0 Å². The third-order valence-corrected chi connectivity index (χ3v) is 3.28. The average molecular weight is 230 g/mol. The molecule has 1 amide bonds. The Morgan fingerprint density at radius 1 is 1.29 bits per heavy atom. The summed E-state index contributed by atoms with van der Waals surface area (Å²) < 4.78 is 0. The Labute approximate surface area is 103 Å². The number of nitrogens with zero attached hydrogens (tertiary/aromatic N) is 2. The maximum atomic E-state index is 12.4. The lowest BCUT2D eigenvalue weighted by atomic mass is 9.82.